The number of hydrogen-bond acceptors (Lipinski definition) is 19. The number of benzene rings is 4. The average molecular weight is 912 g/mol. The molecular formula is C41H45N13O4S4. The summed E-state index contributed by atoms with van der Waals surface area (Å²) in [7, 11) is -4.43. The van der Waals surface area contributed by atoms with Gasteiger partial charge in [0, 0.05) is 43.3 Å². The van der Waals surface area contributed by atoms with Crippen LogP contribution in [0.5, 0.6) is 0 Å². The second kappa shape index (κ2) is 19.6. The highest BCUT2D eigenvalue weighted by molar-refractivity contribution is 7.99. The number of aromatic nitrogens is 5. The van der Waals surface area contributed by atoms with Crippen molar-refractivity contribution in [1.29, 1.82) is 0 Å². The molecule has 0 aliphatic heterocycles. The molecule has 0 saturated heterocycles. The minimum Gasteiger partial charge on any atom is -0.396 e. The molecule has 0 fully saturated rings. The summed E-state index contributed by atoms with van der Waals surface area (Å²) in [6.45, 7) is 15.0. The third kappa shape index (κ3) is 10.5. The van der Waals surface area contributed by atoms with Gasteiger partial charge in [-0.05, 0) is 113 Å². The molecular weight excluding hydrogens is 867 g/mol. The first-order valence-electron chi connectivity index (χ1n) is 19.8. The number of aryl methyl sites for hydroxylation is 2. The maximum atomic E-state index is 11.9. The normalized spacial score (nSPS) is 12.0. The van der Waals surface area contributed by atoms with Gasteiger partial charge < -0.3 is 25.5 Å². The van der Waals surface area contributed by atoms with Crippen LogP contribution in [0, 0.1) is 13.8 Å². The molecule has 3 aromatic heterocycles. The Bertz CT molecular complexity index is 2890. The number of hydrogen-bond donors (Lipinski definition) is 4. The number of nitrogens with zero attached hydrogens (tertiary/aromatic N) is 11. The molecule has 0 bridgehead atoms. The fourth-order valence-corrected chi connectivity index (χ4v) is 9.58. The highest BCUT2D eigenvalue weighted by atomic mass is 32.2. The predicted octanol–water partition coefficient (Wildman–Crippen LogP) is 11.0. The van der Waals surface area contributed by atoms with Gasteiger partial charge in [0.25, 0.3) is 10.1 Å². The Morgan fingerprint density at radius 3 is 1.71 bits per heavy atom. The molecule has 0 saturated carbocycles. The standard InChI is InChI=1S/C41H45N13O4S4/c1-7-53(8-2)26-12-15-28(49-51-40-44-30-14-11-24(5)19-34(30)60-40)31(21-26)42-37-46-38(48-39(47-37)59-18-17-55)43-32-22-27(54(9-3)10-4)13-16-29(32)50-52-41-45-33-23-36(62(56,57)58)25(6)20-35(33)61-41/h11-16,19-23,55H,7-10,17-18H2,1-6H3,(H,56,57,58)(H2,42,43,46,47,48). The lowest BCUT2D eigenvalue weighted by molar-refractivity contribution is 0.322. The van der Waals surface area contributed by atoms with Crippen LogP contribution in [0.4, 0.5) is 56.3 Å². The summed E-state index contributed by atoms with van der Waals surface area (Å²) in [4.78, 5) is 27.5. The van der Waals surface area contributed by atoms with E-state index in [1.807, 2.05) is 55.5 Å². The van der Waals surface area contributed by atoms with Crippen molar-refractivity contribution in [3.8, 4) is 0 Å². The number of anilines is 6. The quantitative estimate of drug-likeness (QED) is 0.0358. The number of fused-ring (bicyclic) bond motifs is 2. The molecule has 0 aliphatic carbocycles. The van der Waals surface area contributed by atoms with Crippen molar-refractivity contribution in [2.45, 2.75) is 51.6 Å². The lowest BCUT2D eigenvalue weighted by Gasteiger charge is -2.22. The van der Waals surface area contributed by atoms with Crippen LogP contribution in [0.3, 0.4) is 0 Å². The summed E-state index contributed by atoms with van der Waals surface area (Å²) in [5.74, 6) is 0.784. The summed E-state index contributed by atoms with van der Waals surface area (Å²) in [6, 6.07) is 20.7. The first-order chi connectivity index (χ1) is 29.9. The molecule has 322 valence electrons. The molecule has 0 spiro atoms. The number of azo groups is 2. The van der Waals surface area contributed by atoms with Crippen molar-refractivity contribution in [3.63, 3.8) is 0 Å². The van der Waals surface area contributed by atoms with Crippen LogP contribution in [0.1, 0.15) is 38.8 Å². The van der Waals surface area contributed by atoms with E-state index in [9.17, 15) is 18.1 Å². The molecule has 7 aromatic rings. The number of nitrogens with one attached hydrogen (secondary N) is 2. The molecule has 3 heterocycles. The third-order valence-electron chi connectivity index (χ3n) is 9.62. The molecule has 17 nitrogen and oxygen atoms in total. The van der Waals surface area contributed by atoms with Crippen LogP contribution in [-0.2, 0) is 10.1 Å². The van der Waals surface area contributed by atoms with Crippen molar-refractivity contribution in [3.05, 3.63) is 77.9 Å². The number of thiazole rings is 2. The Hall–Kier alpha value is -5.71. The molecule has 7 rings (SSSR count). The number of aliphatic hydroxyl groups excluding tert-OH is 1. The lowest BCUT2D eigenvalue weighted by atomic mass is 10.2. The average Bonchev–Trinajstić information content (AvgIpc) is 3.85. The summed E-state index contributed by atoms with van der Waals surface area (Å²) in [5, 5.41) is 35.8. The van der Waals surface area contributed by atoms with Gasteiger partial charge in [-0.3, -0.25) is 4.55 Å². The van der Waals surface area contributed by atoms with Gasteiger partial charge in [-0.25, -0.2) is 9.97 Å². The maximum Gasteiger partial charge on any atom is 0.294 e. The summed E-state index contributed by atoms with van der Waals surface area (Å²) < 4.78 is 35.3. The zero-order valence-electron chi connectivity index (χ0n) is 34.9. The summed E-state index contributed by atoms with van der Waals surface area (Å²) >= 11 is 3.97. The summed E-state index contributed by atoms with van der Waals surface area (Å²) in [5.41, 5.74) is 6.82. The van der Waals surface area contributed by atoms with Crippen molar-refractivity contribution in [1.82, 2.24) is 24.9 Å². The molecule has 0 atom stereocenters. The molecule has 4 N–H and O–H groups in total. The molecule has 4 aromatic carbocycles. The van der Waals surface area contributed by atoms with E-state index in [-0.39, 0.29) is 28.5 Å². The molecule has 62 heavy (non-hydrogen) atoms. The van der Waals surface area contributed by atoms with Gasteiger partial charge in [0.2, 0.25) is 22.2 Å². The Labute approximate surface area is 371 Å². The van der Waals surface area contributed by atoms with E-state index in [0.717, 1.165) is 53.3 Å². The largest absolute Gasteiger partial charge is 0.396 e. The van der Waals surface area contributed by atoms with E-state index >= 15 is 0 Å². The highest BCUT2D eigenvalue weighted by Gasteiger charge is 2.18. The Morgan fingerprint density at radius 2 is 1.19 bits per heavy atom. The topological polar surface area (TPSA) is 219 Å². The van der Waals surface area contributed by atoms with Crippen LogP contribution >= 0.6 is 34.4 Å². The van der Waals surface area contributed by atoms with Crippen LogP contribution in [0.15, 0.2) is 97.2 Å². The third-order valence-corrected chi connectivity index (χ3v) is 13.2. The molecule has 0 aliphatic rings. The number of rotatable bonds is 18. The minimum absolute atomic E-state index is 0.0808. The van der Waals surface area contributed by atoms with Gasteiger partial charge in [-0.1, -0.05) is 40.5 Å². The van der Waals surface area contributed by atoms with Gasteiger partial charge in [-0.2, -0.15) is 23.4 Å². The van der Waals surface area contributed by atoms with Gasteiger partial charge in [0.15, 0.2) is 5.16 Å². The van der Waals surface area contributed by atoms with Gasteiger partial charge in [-0.15, -0.1) is 20.5 Å². The van der Waals surface area contributed by atoms with Crippen LogP contribution < -0.4 is 20.4 Å². The Morgan fingerprint density at radius 1 is 0.661 bits per heavy atom. The smallest absolute Gasteiger partial charge is 0.294 e. The lowest BCUT2D eigenvalue weighted by Crippen LogP contribution is -2.21. The van der Waals surface area contributed by atoms with E-state index < -0.39 is 10.1 Å². The van der Waals surface area contributed by atoms with Crippen molar-refractivity contribution in [2.24, 2.45) is 20.5 Å². The van der Waals surface area contributed by atoms with Gasteiger partial charge in [0.1, 0.15) is 11.4 Å². The molecule has 0 radical (unpaired) electrons. The number of thioether (sulfide) groups is 1. The molecule has 21 heteroatoms. The molecule has 0 unspecified atom stereocenters. The zero-order chi connectivity index (χ0) is 44.0. The minimum atomic E-state index is -4.43. The predicted molar refractivity (Wildman–Crippen MR) is 251 cm³/mol. The van der Waals surface area contributed by atoms with Crippen LogP contribution in [0.2, 0.25) is 0 Å². The van der Waals surface area contributed by atoms with Gasteiger partial charge >= 0.3 is 0 Å². The fraction of sp³-hybridized carbons (Fsp3) is 0.293. The SMILES string of the molecule is CCN(CC)c1ccc(N=Nc2nc3ccc(C)cc3s2)c(Nc2nc(Nc3cc(N(CC)CC)ccc3N=Nc3nc4cc(S(=O)(=O)O)c(C)cc4s3)nc(SCCO)n2)c1. The number of aliphatic hydroxyl groups is 1. The van der Waals surface area contributed by atoms with Crippen molar-refractivity contribution in [2.75, 3.05) is 59.0 Å². The first kappa shape index (κ1) is 44.3. The monoisotopic (exact) mass is 911 g/mol. The van der Waals surface area contributed by atoms with Gasteiger partial charge in [0.05, 0.1) is 43.3 Å². The van der Waals surface area contributed by atoms with Crippen molar-refractivity contribution < 1.29 is 18.1 Å². The molecule has 0 amide bonds. The summed E-state index contributed by atoms with van der Waals surface area (Å²) in [6.07, 6.45) is 0. The highest BCUT2D eigenvalue weighted by Crippen LogP contribution is 2.38. The van der Waals surface area contributed by atoms with Crippen molar-refractivity contribution >= 4 is 121 Å². The van der Waals surface area contributed by atoms with Crippen LogP contribution in [-0.4, -0.2) is 81.5 Å². The second-order valence-corrected chi connectivity index (χ2v) is 18.2. The van der Waals surface area contributed by atoms with E-state index in [1.165, 1.54) is 40.5 Å². The van der Waals surface area contributed by atoms with Crippen LogP contribution in [0.25, 0.3) is 20.4 Å². The Balaban J connectivity index is 1.26. The fourth-order valence-electron chi connectivity index (χ4n) is 6.52. The van der Waals surface area contributed by atoms with E-state index in [1.54, 1.807) is 13.0 Å². The Kier molecular flexibility index (Phi) is 14.0. The maximum absolute atomic E-state index is 11.9. The van der Waals surface area contributed by atoms with E-state index in [4.69, 9.17) is 15.0 Å². The second-order valence-electron chi connectivity index (χ2n) is 13.8. The zero-order valence-corrected chi connectivity index (χ0v) is 38.1. The van der Waals surface area contributed by atoms with E-state index in [0.29, 0.717) is 54.6 Å². The van der Waals surface area contributed by atoms with E-state index in [2.05, 4.69) is 84.6 Å². The first-order valence-corrected chi connectivity index (χ1v) is 23.8.